The zero-order valence-corrected chi connectivity index (χ0v) is 17.0. The lowest BCUT2D eigenvalue weighted by Crippen LogP contribution is -2.36. The Morgan fingerprint density at radius 3 is 2.62 bits per heavy atom. The summed E-state index contributed by atoms with van der Waals surface area (Å²) in [5.74, 6) is 0.303. The summed E-state index contributed by atoms with van der Waals surface area (Å²) in [6, 6.07) is 11.4. The van der Waals surface area contributed by atoms with Gasteiger partial charge in [-0.25, -0.2) is 9.38 Å². The van der Waals surface area contributed by atoms with Crippen molar-refractivity contribution >= 4 is 35.6 Å². The van der Waals surface area contributed by atoms with Gasteiger partial charge < -0.3 is 10.6 Å². The van der Waals surface area contributed by atoms with E-state index in [9.17, 15) is 14.5 Å². The SMILES string of the molecule is CCNC(=NCc1ccc(F)c(C)c1)NCc1ccccc1[N+](=O)[O-].I. The number of benzene rings is 2. The Hall–Kier alpha value is -2.23. The van der Waals surface area contributed by atoms with Gasteiger partial charge in [-0.3, -0.25) is 10.1 Å². The molecule has 0 radical (unpaired) electrons. The Balaban J connectivity index is 0.00000338. The minimum absolute atomic E-state index is 0. The molecule has 0 aliphatic carbocycles. The molecule has 0 amide bonds. The first-order chi connectivity index (χ1) is 12.0. The second-order valence-corrected chi connectivity index (χ2v) is 5.52. The molecule has 2 aromatic rings. The number of guanidine groups is 1. The second-order valence-electron chi connectivity index (χ2n) is 5.52. The lowest BCUT2D eigenvalue weighted by Gasteiger charge is -2.11. The molecule has 0 aromatic heterocycles. The Morgan fingerprint density at radius 2 is 1.96 bits per heavy atom. The summed E-state index contributed by atoms with van der Waals surface area (Å²) < 4.78 is 13.3. The molecule has 0 fully saturated rings. The topological polar surface area (TPSA) is 79.6 Å². The van der Waals surface area contributed by atoms with E-state index < -0.39 is 4.92 Å². The summed E-state index contributed by atoms with van der Waals surface area (Å²) in [6.07, 6.45) is 0. The zero-order chi connectivity index (χ0) is 18.2. The molecule has 26 heavy (non-hydrogen) atoms. The highest BCUT2D eigenvalue weighted by atomic mass is 127. The van der Waals surface area contributed by atoms with Crippen molar-refractivity contribution in [3.05, 3.63) is 75.1 Å². The van der Waals surface area contributed by atoms with Crippen molar-refractivity contribution in [2.45, 2.75) is 26.9 Å². The quantitative estimate of drug-likeness (QED) is 0.220. The lowest BCUT2D eigenvalue weighted by atomic mass is 10.1. The fourth-order valence-electron chi connectivity index (χ4n) is 2.33. The van der Waals surface area contributed by atoms with Crippen LogP contribution in [0.25, 0.3) is 0 Å². The van der Waals surface area contributed by atoms with E-state index in [4.69, 9.17) is 0 Å². The van der Waals surface area contributed by atoms with Gasteiger partial charge in [0.1, 0.15) is 5.82 Å². The van der Waals surface area contributed by atoms with Crippen LogP contribution in [0, 0.1) is 22.9 Å². The molecule has 140 valence electrons. The number of nitrogens with zero attached hydrogens (tertiary/aromatic N) is 2. The summed E-state index contributed by atoms with van der Waals surface area (Å²) >= 11 is 0. The van der Waals surface area contributed by atoms with Gasteiger partial charge >= 0.3 is 0 Å². The molecular weight excluding hydrogens is 450 g/mol. The molecule has 0 heterocycles. The van der Waals surface area contributed by atoms with Crippen LogP contribution in [0.1, 0.15) is 23.6 Å². The number of aryl methyl sites for hydroxylation is 1. The Labute approximate surface area is 169 Å². The first-order valence-corrected chi connectivity index (χ1v) is 8.00. The number of nitro groups is 1. The van der Waals surface area contributed by atoms with Gasteiger partial charge in [0.2, 0.25) is 0 Å². The van der Waals surface area contributed by atoms with Crippen LogP contribution in [-0.2, 0) is 13.1 Å². The highest BCUT2D eigenvalue weighted by Crippen LogP contribution is 2.17. The van der Waals surface area contributed by atoms with Gasteiger partial charge in [0.05, 0.1) is 11.5 Å². The van der Waals surface area contributed by atoms with Crippen LogP contribution in [0.5, 0.6) is 0 Å². The van der Waals surface area contributed by atoms with Crippen LogP contribution in [0.4, 0.5) is 10.1 Å². The summed E-state index contributed by atoms with van der Waals surface area (Å²) in [5.41, 5.74) is 2.11. The number of hydrogen-bond donors (Lipinski definition) is 2. The number of aliphatic imine (C=N–C) groups is 1. The average Bonchev–Trinajstić information content (AvgIpc) is 2.60. The standard InChI is InChI=1S/C18H21FN4O2.HI/c1-3-20-18(21-11-14-8-9-16(19)13(2)10-14)22-12-15-6-4-5-7-17(15)23(24)25;/h4-10H,3,11-12H2,1-2H3,(H2,20,21,22);1H. The summed E-state index contributed by atoms with van der Waals surface area (Å²) in [4.78, 5) is 15.1. The van der Waals surface area contributed by atoms with E-state index in [1.54, 1.807) is 37.3 Å². The number of hydrogen-bond acceptors (Lipinski definition) is 3. The van der Waals surface area contributed by atoms with Gasteiger partial charge in [-0.05, 0) is 31.0 Å². The van der Waals surface area contributed by atoms with E-state index in [-0.39, 0.29) is 42.0 Å². The first-order valence-electron chi connectivity index (χ1n) is 8.00. The van der Waals surface area contributed by atoms with E-state index in [1.807, 2.05) is 6.92 Å². The minimum Gasteiger partial charge on any atom is -0.357 e. The van der Waals surface area contributed by atoms with Crippen molar-refractivity contribution in [1.29, 1.82) is 0 Å². The van der Waals surface area contributed by atoms with Crippen LogP contribution in [0.3, 0.4) is 0 Å². The van der Waals surface area contributed by atoms with E-state index in [1.165, 1.54) is 12.1 Å². The smallest absolute Gasteiger partial charge is 0.274 e. The van der Waals surface area contributed by atoms with Gasteiger partial charge in [-0.2, -0.15) is 0 Å². The van der Waals surface area contributed by atoms with Crippen molar-refractivity contribution < 1.29 is 9.31 Å². The maximum Gasteiger partial charge on any atom is 0.274 e. The van der Waals surface area contributed by atoms with Crippen LogP contribution in [-0.4, -0.2) is 17.4 Å². The predicted molar refractivity (Wildman–Crippen MR) is 111 cm³/mol. The predicted octanol–water partition coefficient (Wildman–Crippen LogP) is 3.92. The van der Waals surface area contributed by atoms with Crippen molar-refractivity contribution in [1.82, 2.24) is 10.6 Å². The fourth-order valence-corrected chi connectivity index (χ4v) is 2.33. The number of rotatable bonds is 6. The number of halogens is 2. The van der Waals surface area contributed by atoms with E-state index in [0.717, 1.165) is 5.56 Å². The van der Waals surface area contributed by atoms with Crippen LogP contribution in [0.2, 0.25) is 0 Å². The number of nitro benzene ring substituents is 1. The van der Waals surface area contributed by atoms with Crippen molar-refractivity contribution in [3.63, 3.8) is 0 Å². The molecule has 8 heteroatoms. The fraction of sp³-hybridized carbons (Fsp3) is 0.278. The number of para-hydroxylation sites is 1. The van der Waals surface area contributed by atoms with Gasteiger partial charge in [-0.15, -0.1) is 24.0 Å². The van der Waals surface area contributed by atoms with E-state index in [0.29, 0.717) is 30.2 Å². The highest BCUT2D eigenvalue weighted by molar-refractivity contribution is 14.0. The molecule has 0 spiro atoms. The molecule has 0 bridgehead atoms. The molecule has 6 nitrogen and oxygen atoms in total. The largest absolute Gasteiger partial charge is 0.357 e. The van der Waals surface area contributed by atoms with Gasteiger partial charge in [0.25, 0.3) is 5.69 Å². The maximum atomic E-state index is 13.3. The van der Waals surface area contributed by atoms with Gasteiger partial charge in [0.15, 0.2) is 5.96 Å². The molecular formula is C18H22FIN4O2. The molecule has 0 aliphatic heterocycles. The van der Waals surface area contributed by atoms with Crippen LogP contribution in [0.15, 0.2) is 47.5 Å². The Kier molecular flexibility index (Phi) is 8.97. The minimum atomic E-state index is -0.400. The highest BCUT2D eigenvalue weighted by Gasteiger charge is 2.12. The zero-order valence-electron chi connectivity index (χ0n) is 14.7. The molecule has 2 N–H and O–H groups in total. The number of nitrogens with one attached hydrogen (secondary N) is 2. The normalized spacial score (nSPS) is 10.8. The van der Waals surface area contributed by atoms with Crippen LogP contribution >= 0.6 is 24.0 Å². The molecule has 0 atom stereocenters. The molecule has 0 aliphatic rings. The van der Waals surface area contributed by atoms with Crippen molar-refractivity contribution in [3.8, 4) is 0 Å². The summed E-state index contributed by atoms with van der Waals surface area (Å²) in [5, 5.41) is 17.2. The Morgan fingerprint density at radius 1 is 1.23 bits per heavy atom. The van der Waals surface area contributed by atoms with Gasteiger partial charge in [-0.1, -0.05) is 30.3 Å². The average molecular weight is 472 g/mol. The molecule has 2 aromatic carbocycles. The first kappa shape index (κ1) is 21.8. The van der Waals surface area contributed by atoms with E-state index in [2.05, 4.69) is 15.6 Å². The third-order valence-corrected chi connectivity index (χ3v) is 3.62. The third-order valence-electron chi connectivity index (χ3n) is 3.62. The summed E-state index contributed by atoms with van der Waals surface area (Å²) in [6.45, 7) is 4.97. The third kappa shape index (κ3) is 6.25. The Bertz CT molecular complexity index is 784. The van der Waals surface area contributed by atoms with Crippen molar-refractivity contribution in [2.24, 2.45) is 4.99 Å². The monoisotopic (exact) mass is 472 g/mol. The molecule has 0 saturated heterocycles. The molecule has 0 unspecified atom stereocenters. The van der Waals surface area contributed by atoms with E-state index >= 15 is 0 Å². The molecule has 2 rings (SSSR count). The van der Waals surface area contributed by atoms with Crippen LogP contribution < -0.4 is 10.6 Å². The molecule has 0 saturated carbocycles. The van der Waals surface area contributed by atoms with Crippen molar-refractivity contribution in [2.75, 3.05) is 6.54 Å². The summed E-state index contributed by atoms with van der Waals surface area (Å²) in [7, 11) is 0. The second kappa shape index (κ2) is 10.7. The van der Waals surface area contributed by atoms with Gasteiger partial charge in [0, 0.05) is 24.7 Å². The maximum absolute atomic E-state index is 13.3. The lowest BCUT2D eigenvalue weighted by molar-refractivity contribution is -0.385.